The third-order valence-electron chi connectivity index (χ3n) is 3.82. The van der Waals surface area contributed by atoms with Crippen molar-refractivity contribution in [3.05, 3.63) is 0 Å². The summed E-state index contributed by atoms with van der Waals surface area (Å²) in [5, 5.41) is 0. The molecule has 2 aliphatic rings. The Bertz CT molecular complexity index is 223. The van der Waals surface area contributed by atoms with Gasteiger partial charge in [0.25, 0.3) is 0 Å². The molecule has 0 aromatic carbocycles. The molecule has 1 saturated heterocycles. The summed E-state index contributed by atoms with van der Waals surface area (Å²) in [7, 11) is 1.45. The molecule has 2 rings (SSSR count). The summed E-state index contributed by atoms with van der Waals surface area (Å²) in [5.74, 6) is 0.882. The van der Waals surface area contributed by atoms with Gasteiger partial charge in [0.2, 0.25) is 0 Å². The fraction of sp³-hybridized carbons (Fsp3) is 0.909. The Labute approximate surface area is 85.4 Å². The number of carbonyl (C=O) groups excluding carboxylic acids is 1. The number of methoxy groups -OCH3 is 1. The van der Waals surface area contributed by atoms with Crippen LogP contribution in [0.15, 0.2) is 0 Å². The van der Waals surface area contributed by atoms with E-state index in [-0.39, 0.29) is 6.09 Å². The summed E-state index contributed by atoms with van der Waals surface area (Å²) < 4.78 is 4.70. The molecule has 0 atom stereocenters. The van der Waals surface area contributed by atoms with Gasteiger partial charge in [-0.05, 0) is 18.8 Å². The molecule has 2 fully saturated rings. The first kappa shape index (κ1) is 9.81. The third kappa shape index (κ3) is 1.60. The number of ether oxygens (including phenoxy) is 1. The highest BCUT2D eigenvalue weighted by atomic mass is 16.5. The summed E-state index contributed by atoms with van der Waals surface area (Å²) >= 11 is 0. The molecule has 1 aliphatic carbocycles. The zero-order chi connectivity index (χ0) is 10.2. The van der Waals surface area contributed by atoms with E-state index in [0.717, 1.165) is 19.0 Å². The molecule has 1 spiro atoms. The first-order chi connectivity index (χ1) is 6.65. The van der Waals surface area contributed by atoms with Gasteiger partial charge in [0, 0.05) is 18.5 Å². The number of likely N-dealkylation sites (tertiary alicyclic amines) is 1. The van der Waals surface area contributed by atoms with Gasteiger partial charge in [-0.3, -0.25) is 0 Å². The molecular formula is C11H19NO2. The van der Waals surface area contributed by atoms with Crippen molar-refractivity contribution in [3.63, 3.8) is 0 Å². The minimum atomic E-state index is -0.158. The molecule has 1 amide bonds. The second-order valence-electron chi connectivity index (χ2n) is 5.01. The molecule has 3 heteroatoms. The molecule has 0 unspecified atom stereocenters. The zero-order valence-electron chi connectivity index (χ0n) is 9.08. The van der Waals surface area contributed by atoms with Gasteiger partial charge in [0.15, 0.2) is 0 Å². The van der Waals surface area contributed by atoms with Gasteiger partial charge in [0.05, 0.1) is 7.11 Å². The van der Waals surface area contributed by atoms with E-state index in [2.05, 4.69) is 6.92 Å². The molecule has 80 valence electrons. The van der Waals surface area contributed by atoms with Gasteiger partial charge in [-0.1, -0.05) is 19.8 Å². The lowest BCUT2D eigenvalue weighted by molar-refractivity contribution is -0.0279. The molecular weight excluding hydrogens is 178 g/mol. The standard InChI is InChI=1S/C11H19NO2/c1-9-3-5-11(6-4-9)7-12(8-11)10(13)14-2/h9H,3-8H2,1-2H3. The maximum Gasteiger partial charge on any atom is 0.409 e. The molecule has 14 heavy (non-hydrogen) atoms. The Morgan fingerprint density at radius 1 is 1.36 bits per heavy atom. The molecule has 0 bridgehead atoms. The molecule has 0 N–H and O–H groups in total. The van der Waals surface area contributed by atoms with Crippen molar-refractivity contribution < 1.29 is 9.53 Å². The second-order valence-corrected chi connectivity index (χ2v) is 5.01. The maximum atomic E-state index is 11.2. The molecule has 1 heterocycles. The van der Waals surface area contributed by atoms with E-state index in [4.69, 9.17) is 4.74 Å². The normalized spacial score (nSPS) is 26.0. The summed E-state index contributed by atoms with van der Waals surface area (Å²) in [6.45, 7) is 4.17. The van der Waals surface area contributed by atoms with E-state index in [0.29, 0.717) is 5.41 Å². The Balaban J connectivity index is 1.83. The highest BCUT2D eigenvalue weighted by molar-refractivity contribution is 5.68. The van der Waals surface area contributed by atoms with Gasteiger partial charge in [0.1, 0.15) is 0 Å². The highest BCUT2D eigenvalue weighted by Crippen LogP contribution is 2.45. The van der Waals surface area contributed by atoms with Gasteiger partial charge >= 0.3 is 6.09 Å². The van der Waals surface area contributed by atoms with Gasteiger partial charge < -0.3 is 9.64 Å². The van der Waals surface area contributed by atoms with E-state index in [1.54, 1.807) is 0 Å². The van der Waals surface area contributed by atoms with Crippen LogP contribution >= 0.6 is 0 Å². The van der Waals surface area contributed by atoms with Crippen molar-refractivity contribution in [1.29, 1.82) is 0 Å². The SMILES string of the molecule is COC(=O)N1CC2(CCC(C)CC2)C1. The van der Waals surface area contributed by atoms with Crippen molar-refractivity contribution in [1.82, 2.24) is 4.90 Å². The van der Waals surface area contributed by atoms with Crippen LogP contribution in [0.2, 0.25) is 0 Å². The fourth-order valence-corrected chi connectivity index (χ4v) is 2.71. The summed E-state index contributed by atoms with van der Waals surface area (Å²) in [5.41, 5.74) is 0.459. The van der Waals surface area contributed by atoms with Crippen LogP contribution in [0.3, 0.4) is 0 Å². The minimum absolute atomic E-state index is 0.158. The van der Waals surface area contributed by atoms with Crippen molar-refractivity contribution in [3.8, 4) is 0 Å². The van der Waals surface area contributed by atoms with Crippen molar-refractivity contribution in [2.24, 2.45) is 11.3 Å². The van der Waals surface area contributed by atoms with Crippen molar-refractivity contribution in [2.45, 2.75) is 32.6 Å². The Morgan fingerprint density at radius 2 is 1.93 bits per heavy atom. The van der Waals surface area contributed by atoms with E-state index in [1.807, 2.05) is 4.90 Å². The molecule has 1 aliphatic heterocycles. The summed E-state index contributed by atoms with van der Waals surface area (Å²) in [6.07, 6.45) is 5.09. The predicted molar refractivity (Wildman–Crippen MR) is 54.0 cm³/mol. The number of hydrogen-bond acceptors (Lipinski definition) is 2. The maximum absolute atomic E-state index is 11.2. The fourth-order valence-electron chi connectivity index (χ4n) is 2.71. The minimum Gasteiger partial charge on any atom is -0.453 e. The number of nitrogens with zero attached hydrogens (tertiary/aromatic N) is 1. The molecule has 0 aromatic heterocycles. The average Bonchev–Trinajstić information content (AvgIpc) is 2.15. The second kappa shape index (κ2) is 3.44. The Morgan fingerprint density at radius 3 is 2.43 bits per heavy atom. The lowest BCUT2D eigenvalue weighted by atomic mass is 9.66. The number of rotatable bonds is 0. The van der Waals surface area contributed by atoms with Crippen molar-refractivity contribution >= 4 is 6.09 Å². The summed E-state index contributed by atoms with van der Waals surface area (Å²) in [4.78, 5) is 13.0. The van der Waals surface area contributed by atoms with Crippen LogP contribution in [0.25, 0.3) is 0 Å². The molecule has 0 radical (unpaired) electrons. The molecule has 0 aromatic rings. The zero-order valence-corrected chi connectivity index (χ0v) is 9.08. The Hall–Kier alpha value is -0.730. The Kier molecular flexibility index (Phi) is 2.41. The largest absolute Gasteiger partial charge is 0.453 e. The van der Waals surface area contributed by atoms with Crippen LogP contribution in [-0.4, -0.2) is 31.2 Å². The smallest absolute Gasteiger partial charge is 0.409 e. The number of carbonyl (C=O) groups is 1. The third-order valence-corrected chi connectivity index (χ3v) is 3.82. The van der Waals surface area contributed by atoms with Crippen LogP contribution in [0.1, 0.15) is 32.6 Å². The molecule has 1 saturated carbocycles. The van der Waals surface area contributed by atoms with Crippen LogP contribution in [-0.2, 0) is 4.74 Å². The van der Waals surface area contributed by atoms with E-state index in [9.17, 15) is 4.79 Å². The van der Waals surface area contributed by atoms with E-state index < -0.39 is 0 Å². The van der Waals surface area contributed by atoms with Gasteiger partial charge in [-0.25, -0.2) is 4.79 Å². The lowest BCUT2D eigenvalue weighted by Gasteiger charge is -2.52. The number of amides is 1. The predicted octanol–water partition coefficient (Wildman–Crippen LogP) is 2.26. The van der Waals surface area contributed by atoms with Crippen molar-refractivity contribution in [2.75, 3.05) is 20.2 Å². The first-order valence-corrected chi connectivity index (χ1v) is 5.48. The van der Waals surface area contributed by atoms with E-state index in [1.165, 1.54) is 32.8 Å². The van der Waals surface area contributed by atoms with Gasteiger partial charge in [-0.15, -0.1) is 0 Å². The van der Waals surface area contributed by atoms with Gasteiger partial charge in [-0.2, -0.15) is 0 Å². The first-order valence-electron chi connectivity index (χ1n) is 5.48. The topological polar surface area (TPSA) is 29.5 Å². The van der Waals surface area contributed by atoms with E-state index >= 15 is 0 Å². The molecule has 3 nitrogen and oxygen atoms in total. The van der Waals surface area contributed by atoms with Crippen LogP contribution in [0, 0.1) is 11.3 Å². The highest BCUT2D eigenvalue weighted by Gasteiger charge is 2.46. The van der Waals surface area contributed by atoms with Crippen LogP contribution in [0.4, 0.5) is 4.79 Å². The number of hydrogen-bond donors (Lipinski definition) is 0. The summed E-state index contributed by atoms with van der Waals surface area (Å²) in [6, 6.07) is 0. The monoisotopic (exact) mass is 197 g/mol. The van der Waals surface area contributed by atoms with Crippen LogP contribution in [0.5, 0.6) is 0 Å². The quantitative estimate of drug-likeness (QED) is 0.596. The average molecular weight is 197 g/mol. The van der Waals surface area contributed by atoms with Crippen LogP contribution < -0.4 is 0 Å². The lowest BCUT2D eigenvalue weighted by Crippen LogP contribution is -2.59.